The molecule has 138 valence electrons. The molecule has 2 amide bonds. The molecule has 0 fully saturated rings. The van der Waals surface area contributed by atoms with E-state index in [0.29, 0.717) is 3.57 Å². The number of fused-ring (bicyclic) bond motifs is 1. The molecule has 3 aromatic rings. The number of amides is 2. The van der Waals surface area contributed by atoms with Crippen molar-refractivity contribution in [1.82, 2.24) is 9.99 Å². The van der Waals surface area contributed by atoms with Gasteiger partial charge >= 0.3 is 0 Å². The Morgan fingerprint density at radius 2 is 2.00 bits per heavy atom. The van der Waals surface area contributed by atoms with Crippen LogP contribution in [0.2, 0.25) is 0 Å². The van der Waals surface area contributed by atoms with Crippen molar-refractivity contribution < 1.29 is 14.7 Å². The third-order valence-electron chi connectivity index (χ3n) is 3.79. The minimum Gasteiger partial charge on any atom is -0.506 e. The number of nitrogens with two attached hydrogens (primary N) is 1. The molecule has 0 saturated heterocycles. The molecule has 0 radical (unpaired) electrons. The molecule has 2 aromatic carbocycles. The van der Waals surface area contributed by atoms with Crippen molar-refractivity contribution in [2.45, 2.75) is 6.54 Å². The number of phenolic OH excluding ortho intramolecular Hbond substituents is 1. The van der Waals surface area contributed by atoms with Gasteiger partial charge in [0.15, 0.2) is 0 Å². The predicted octanol–water partition coefficient (Wildman–Crippen LogP) is 2.81. The number of hydrazone groups is 1. The number of aromatic nitrogens is 1. The molecule has 27 heavy (non-hydrogen) atoms. The Hall–Kier alpha value is -2.15. The summed E-state index contributed by atoms with van der Waals surface area (Å²) in [6, 6.07) is 10.9. The van der Waals surface area contributed by atoms with Crippen LogP contribution in [-0.2, 0) is 11.3 Å². The summed E-state index contributed by atoms with van der Waals surface area (Å²) in [5.41, 5.74) is 9.44. The first-order valence-corrected chi connectivity index (χ1v) is 9.90. The van der Waals surface area contributed by atoms with Crippen LogP contribution in [0.4, 0.5) is 0 Å². The Morgan fingerprint density at radius 3 is 2.74 bits per heavy atom. The zero-order valence-corrected chi connectivity index (χ0v) is 18.1. The topological polar surface area (TPSA) is 110 Å². The van der Waals surface area contributed by atoms with Crippen LogP contribution in [0.3, 0.4) is 0 Å². The Balaban J connectivity index is 1.85. The van der Waals surface area contributed by atoms with Crippen LogP contribution >= 0.6 is 45.2 Å². The number of rotatable bonds is 5. The van der Waals surface area contributed by atoms with Crippen molar-refractivity contribution in [3.63, 3.8) is 0 Å². The first-order chi connectivity index (χ1) is 12.9. The first kappa shape index (κ1) is 19.6. The number of nitrogens with one attached hydrogen (secondary N) is 1. The average molecular weight is 588 g/mol. The second-order valence-electron chi connectivity index (χ2n) is 5.68. The summed E-state index contributed by atoms with van der Waals surface area (Å²) in [5, 5.41) is 14.9. The molecule has 1 aromatic heterocycles. The molecular weight excluding hydrogens is 574 g/mol. The van der Waals surface area contributed by atoms with Gasteiger partial charge in [-0.1, -0.05) is 18.2 Å². The molecular formula is C18H14I2N4O3. The number of carbonyl (C=O) groups excluding carboxylic acids is 2. The summed E-state index contributed by atoms with van der Waals surface area (Å²) >= 11 is 4.04. The maximum Gasteiger partial charge on any atom is 0.275 e. The Morgan fingerprint density at radius 1 is 1.26 bits per heavy atom. The van der Waals surface area contributed by atoms with Crippen molar-refractivity contribution >= 4 is 74.1 Å². The normalized spacial score (nSPS) is 11.2. The van der Waals surface area contributed by atoms with Crippen LogP contribution < -0.4 is 11.2 Å². The molecule has 7 nitrogen and oxygen atoms in total. The summed E-state index contributed by atoms with van der Waals surface area (Å²) in [6.45, 7) is 0.0511. The van der Waals surface area contributed by atoms with Crippen LogP contribution in [0.5, 0.6) is 5.75 Å². The maximum atomic E-state index is 12.3. The number of para-hydroxylation sites is 1. The number of hydrogen-bond acceptors (Lipinski definition) is 4. The number of benzene rings is 2. The smallest absolute Gasteiger partial charge is 0.275 e. The molecule has 3 rings (SSSR count). The van der Waals surface area contributed by atoms with Crippen LogP contribution in [0.1, 0.15) is 15.9 Å². The van der Waals surface area contributed by atoms with Crippen LogP contribution in [0, 0.1) is 7.14 Å². The molecule has 0 spiro atoms. The lowest BCUT2D eigenvalue weighted by Gasteiger charge is -2.05. The van der Waals surface area contributed by atoms with Gasteiger partial charge in [-0.25, -0.2) is 5.43 Å². The Bertz CT molecular complexity index is 1080. The van der Waals surface area contributed by atoms with Gasteiger partial charge in [0.05, 0.1) is 15.3 Å². The van der Waals surface area contributed by atoms with Gasteiger partial charge < -0.3 is 15.4 Å². The van der Waals surface area contributed by atoms with E-state index in [-0.39, 0.29) is 17.9 Å². The third kappa shape index (κ3) is 4.40. The van der Waals surface area contributed by atoms with Crippen molar-refractivity contribution in [2.24, 2.45) is 10.8 Å². The first-order valence-electron chi connectivity index (χ1n) is 7.74. The standard InChI is InChI=1S/C18H14I2N4O3/c19-11-5-13(17(26)14(20)6-11)18(27)23-22-7-10-8-24(9-16(21)25)15-4-2-1-3-12(10)15/h1-8,26H,9H2,(H2,21,25)(H,23,27). The number of carbonyl (C=O) groups is 2. The van der Waals surface area contributed by atoms with Gasteiger partial charge in [0.25, 0.3) is 5.91 Å². The van der Waals surface area contributed by atoms with Gasteiger partial charge in [-0.15, -0.1) is 0 Å². The van der Waals surface area contributed by atoms with Crippen LogP contribution in [0.25, 0.3) is 10.9 Å². The van der Waals surface area contributed by atoms with Gasteiger partial charge in [0.1, 0.15) is 12.3 Å². The molecule has 0 unspecified atom stereocenters. The summed E-state index contributed by atoms with van der Waals surface area (Å²) < 4.78 is 3.15. The zero-order chi connectivity index (χ0) is 19.6. The summed E-state index contributed by atoms with van der Waals surface area (Å²) in [6.07, 6.45) is 3.24. The largest absolute Gasteiger partial charge is 0.506 e. The SMILES string of the molecule is NC(=O)Cn1cc(C=NNC(=O)c2cc(I)cc(I)c2O)c2ccccc21. The monoisotopic (exact) mass is 588 g/mol. The molecule has 0 atom stereocenters. The van der Waals surface area contributed by atoms with Crippen molar-refractivity contribution in [1.29, 1.82) is 0 Å². The highest BCUT2D eigenvalue weighted by Gasteiger charge is 2.14. The minimum absolute atomic E-state index is 0.0511. The molecule has 9 heteroatoms. The fourth-order valence-electron chi connectivity index (χ4n) is 2.64. The van der Waals surface area contributed by atoms with Gasteiger partial charge in [-0.05, 0) is 63.4 Å². The highest BCUT2D eigenvalue weighted by atomic mass is 127. The van der Waals surface area contributed by atoms with Gasteiger partial charge in [0, 0.05) is 26.2 Å². The van der Waals surface area contributed by atoms with E-state index in [1.807, 2.05) is 46.9 Å². The van der Waals surface area contributed by atoms with Crippen molar-refractivity contribution in [3.05, 3.63) is 60.9 Å². The molecule has 0 aliphatic rings. The molecule has 0 aliphatic heterocycles. The summed E-state index contributed by atoms with van der Waals surface area (Å²) in [7, 11) is 0. The quantitative estimate of drug-likeness (QED) is 0.243. The number of hydrogen-bond donors (Lipinski definition) is 3. The molecule has 0 bridgehead atoms. The third-order valence-corrected chi connectivity index (χ3v) is 5.23. The van der Waals surface area contributed by atoms with E-state index in [1.165, 1.54) is 6.21 Å². The van der Waals surface area contributed by atoms with E-state index in [9.17, 15) is 14.7 Å². The maximum absolute atomic E-state index is 12.3. The number of nitrogens with zero attached hydrogens (tertiary/aromatic N) is 2. The molecule has 1 heterocycles. The van der Waals surface area contributed by atoms with E-state index in [0.717, 1.165) is 20.0 Å². The Kier molecular flexibility index (Phi) is 5.99. The summed E-state index contributed by atoms with van der Waals surface area (Å²) in [5.74, 6) is -1.04. The molecule has 0 saturated carbocycles. The second-order valence-corrected chi connectivity index (χ2v) is 8.09. The number of primary amides is 1. The highest BCUT2D eigenvalue weighted by molar-refractivity contribution is 14.1. The fourth-order valence-corrected chi connectivity index (χ4v) is 4.48. The van der Waals surface area contributed by atoms with E-state index in [2.05, 4.69) is 33.1 Å². The lowest BCUT2D eigenvalue weighted by molar-refractivity contribution is -0.118. The van der Waals surface area contributed by atoms with Crippen molar-refractivity contribution in [2.75, 3.05) is 0 Å². The fraction of sp³-hybridized carbons (Fsp3) is 0.0556. The van der Waals surface area contributed by atoms with E-state index in [1.54, 1.807) is 22.9 Å². The number of aromatic hydroxyl groups is 1. The Labute approximate surface area is 181 Å². The highest BCUT2D eigenvalue weighted by Crippen LogP contribution is 2.27. The second kappa shape index (κ2) is 8.25. The lowest BCUT2D eigenvalue weighted by Crippen LogP contribution is -2.18. The molecule has 4 N–H and O–H groups in total. The van der Waals surface area contributed by atoms with Crippen molar-refractivity contribution in [3.8, 4) is 5.75 Å². The lowest BCUT2D eigenvalue weighted by atomic mass is 10.2. The van der Waals surface area contributed by atoms with E-state index < -0.39 is 11.8 Å². The average Bonchev–Trinajstić information content (AvgIpc) is 2.95. The number of halogens is 2. The van der Waals surface area contributed by atoms with Gasteiger partial charge in [0.2, 0.25) is 5.91 Å². The predicted molar refractivity (Wildman–Crippen MR) is 120 cm³/mol. The van der Waals surface area contributed by atoms with Crippen LogP contribution in [-0.4, -0.2) is 27.7 Å². The summed E-state index contributed by atoms with van der Waals surface area (Å²) in [4.78, 5) is 23.6. The minimum atomic E-state index is -0.513. The van der Waals surface area contributed by atoms with E-state index in [4.69, 9.17) is 5.73 Å². The van der Waals surface area contributed by atoms with E-state index >= 15 is 0 Å². The van der Waals surface area contributed by atoms with Gasteiger partial charge in [-0.2, -0.15) is 5.10 Å². The van der Waals surface area contributed by atoms with Crippen LogP contribution in [0.15, 0.2) is 47.7 Å². The van der Waals surface area contributed by atoms with Gasteiger partial charge in [-0.3, -0.25) is 9.59 Å². The zero-order valence-electron chi connectivity index (χ0n) is 13.8. The number of phenols is 1. The molecule has 0 aliphatic carbocycles.